The standard InChI is InChI=1S/C24H32N4O3/c1-13(2)10-16(12-29)26-24(31)21(14(3)4)28-23(30)20-11-18-17-8-6-7-9-19(17)27-22(18)15(5)25-20/h6-9,11,13-14,16,21,27,29H,10,12H2,1-5H3,(H,26,31)(H,28,30). The number of aromatic nitrogens is 2. The topological polar surface area (TPSA) is 107 Å². The zero-order valence-corrected chi connectivity index (χ0v) is 18.8. The van der Waals surface area contributed by atoms with Gasteiger partial charge in [0, 0.05) is 16.3 Å². The molecule has 31 heavy (non-hydrogen) atoms. The second-order valence-electron chi connectivity index (χ2n) is 8.90. The first-order valence-corrected chi connectivity index (χ1v) is 10.8. The fourth-order valence-electron chi connectivity index (χ4n) is 3.91. The van der Waals surface area contributed by atoms with Crippen LogP contribution < -0.4 is 10.6 Å². The number of hydrogen-bond acceptors (Lipinski definition) is 4. The number of benzene rings is 1. The SMILES string of the molecule is Cc1nc(C(=O)NC(C(=O)NC(CO)CC(C)C)C(C)C)cc2c1[nH]c1ccccc12. The molecule has 0 radical (unpaired) electrons. The van der Waals surface area contributed by atoms with Gasteiger partial charge in [-0.2, -0.15) is 0 Å². The number of H-pyrrole nitrogens is 1. The van der Waals surface area contributed by atoms with Crippen LogP contribution in [0.1, 0.15) is 50.3 Å². The van der Waals surface area contributed by atoms with Gasteiger partial charge in [-0.1, -0.05) is 45.9 Å². The Kier molecular flexibility index (Phi) is 6.95. The summed E-state index contributed by atoms with van der Waals surface area (Å²) in [6.07, 6.45) is 0.666. The van der Waals surface area contributed by atoms with E-state index < -0.39 is 11.9 Å². The second-order valence-corrected chi connectivity index (χ2v) is 8.90. The van der Waals surface area contributed by atoms with Gasteiger partial charge in [-0.3, -0.25) is 9.59 Å². The summed E-state index contributed by atoms with van der Waals surface area (Å²) in [5, 5.41) is 17.2. The van der Waals surface area contributed by atoms with E-state index in [2.05, 4.69) is 20.6 Å². The minimum Gasteiger partial charge on any atom is -0.394 e. The number of para-hydroxylation sites is 1. The average Bonchev–Trinajstić information content (AvgIpc) is 3.10. The van der Waals surface area contributed by atoms with E-state index in [9.17, 15) is 14.7 Å². The molecular weight excluding hydrogens is 392 g/mol. The summed E-state index contributed by atoms with van der Waals surface area (Å²) in [6.45, 7) is 9.54. The second kappa shape index (κ2) is 9.47. The Labute approximate surface area is 182 Å². The van der Waals surface area contributed by atoms with E-state index in [0.717, 1.165) is 27.5 Å². The molecule has 2 atom stereocenters. The van der Waals surface area contributed by atoms with Gasteiger partial charge < -0.3 is 20.7 Å². The molecular formula is C24H32N4O3. The van der Waals surface area contributed by atoms with Crippen LogP contribution in [-0.2, 0) is 4.79 Å². The fourth-order valence-corrected chi connectivity index (χ4v) is 3.91. The van der Waals surface area contributed by atoms with Gasteiger partial charge in [0.05, 0.1) is 23.9 Å². The third-order valence-corrected chi connectivity index (χ3v) is 5.47. The fraction of sp³-hybridized carbons (Fsp3) is 0.458. The molecule has 2 aromatic heterocycles. The van der Waals surface area contributed by atoms with Gasteiger partial charge in [0.1, 0.15) is 11.7 Å². The maximum absolute atomic E-state index is 13.0. The number of aliphatic hydroxyl groups is 1. The first-order chi connectivity index (χ1) is 14.7. The number of nitrogens with one attached hydrogen (secondary N) is 3. The summed E-state index contributed by atoms with van der Waals surface area (Å²) in [6, 6.07) is 8.60. The molecule has 2 amide bonds. The number of amides is 2. The number of rotatable bonds is 8. The number of hydrogen-bond donors (Lipinski definition) is 4. The van der Waals surface area contributed by atoms with Crippen LogP contribution in [-0.4, -0.2) is 45.6 Å². The first kappa shape index (κ1) is 22.7. The number of aliphatic hydroxyl groups excluding tert-OH is 1. The third-order valence-electron chi connectivity index (χ3n) is 5.47. The van der Waals surface area contributed by atoms with E-state index in [4.69, 9.17) is 0 Å². The zero-order valence-electron chi connectivity index (χ0n) is 18.8. The Morgan fingerprint density at radius 2 is 1.81 bits per heavy atom. The van der Waals surface area contributed by atoms with E-state index in [1.54, 1.807) is 6.07 Å². The van der Waals surface area contributed by atoms with E-state index in [-0.39, 0.29) is 30.2 Å². The van der Waals surface area contributed by atoms with Crippen molar-refractivity contribution < 1.29 is 14.7 Å². The van der Waals surface area contributed by atoms with Crippen molar-refractivity contribution in [3.05, 3.63) is 41.7 Å². The predicted molar refractivity (Wildman–Crippen MR) is 123 cm³/mol. The molecule has 3 aromatic rings. The van der Waals surface area contributed by atoms with Crippen molar-refractivity contribution >= 4 is 33.6 Å². The van der Waals surface area contributed by atoms with Crippen molar-refractivity contribution in [2.24, 2.45) is 11.8 Å². The van der Waals surface area contributed by atoms with Crippen molar-refractivity contribution in [3.63, 3.8) is 0 Å². The molecule has 0 aliphatic heterocycles. The highest BCUT2D eigenvalue weighted by atomic mass is 16.3. The van der Waals surface area contributed by atoms with Crippen molar-refractivity contribution in [2.75, 3.05) is 6.61 Å². The molecule has 0 saturated heterocycles. The summed E-state index contributed by atoms with van der Waals surface area (Å²) in [5.41, 5.74) is 2.88. The third kappa shape index (κ3) is 5.05. The molecule has 7 nitrogen and oxygen atoms in total. The normalized spacial score (nSPS) is 13.7. The molecule has 0 fully saturated rings. The maximum atomic E-state index is 13.0. The Morgan fingerprint density at radius 1 is 1.10 bits per heavy atom. The van der Waals surface area contributed by atoms with E-state index in [1.165, 1.54) is 0 Å². The van der Waals surface area contributed by atoms with Crippen molar-refractivity contribution in [3.8, 4) is 0 Å². The largest absolute Gasteiger partial charge is 0.394 e. The quantitative estimate of drug-likeness (QED) is 0.445. The molecule has 4 N–H and O–H groups in total. The van der Waals surface area contributed by atoms with E-state index in [1.807, 2.05) is 58.9 Å². The van der Waals surface area contributed by atoms with Crippen molar-refractivity contribution in [1.82, 2.24) is 20.6 Å². The Hall–Kier alpha value is -2.93. The van der Waals surface area contributed by atoms with Gasteiger partial charge in [-0.25, -0.2) is 4.98 Å². The molecule has 3 rings (SSSR count). The van der Waals surface area contributed by atoms with Crippen LogP contribution in [0.15, 0.2) is 30.3 Å². The highest BCUT2D eigenvalue weighted by Crippen LogP contribution is 2.27. The summed E-state index contributed by atoms with van der Waals surface area (Å²) in [7, 11) is 0. The van der Waals surface area contributed by atoms with Gasteiger partial charge >= 0.3 is 0 Å². The molecule has 166 valence electrons. The van der Waals surface area contributed by atoms with Crippen LogP contribution in [0.2, 0.25) is 0 Å². The highest BCUT2D eigenvalue weighted by molar-refractivity contribution is 6.10. The maximum Gasteiger partial charge on any atom is 0.270 e. The molecule has 0 bridgehead atoms. The molecule has 0 spiro atoms. The number of pyridine rings is 1. The number of aryl methyl sites for hydroxylation is 1. The number of nitrogens with zero attached hydrogens (tertiary/aromatic N) is 1. The van der Waals surface area contributed by atoms with Crippen LogP contribution >= 0.6 is 0 Å². The lowest BCUT2D eigenvalue weighted by atomic mass is 10.0. The van der Waals surface area contributed by atoms with Crippen molar-refractivity contribution in [2.45, 2.75) is 53.1 Å². The molecule has 2 heterocycles. The zero-order chi connectivity index (χ0) is 22.7. The molecule has 1 aromatic carbocycles. The summed E-state index contributed by atoms with van der Waals surface area (Å²) >= 11 is 0. The van der Waals surface area contributed by atoms with Crippen LogP contribution in [0.5, 0.6) is 0 Å². The lowest BCUT2D eigenvalue weighted by Gasteiger charge is -2.25. The van der Waals surface area contributed by atoms with Gasteiger partial charge in [0.15, 0.2) is 0 Å². The van der Waals surface area contributed by atoms with Crippen LogP contribution in [0, 0.1) is 18.8 Å². The average molecular weight is 425 g/mol. The molecule has 0 saturated carbocycles. The molecule has 7 heteroatoms. The number of fused-ring (bicyclic) bond motifs is 3. The summed E-state index contributed by atoms with van der Waals surface area (Å²) < 4.78 is 0. The first-order valence-electron chi connectivity index (χ1n) is 10.8. The monoisotopic (exact) mass is 424 g/mol. The van der Waals surface area contributed by atoms with Gasteiger partial charge in [0.2, 0.25) is 5.91 Å². The molecule has 0 aliphatic carbocycles. The predicted octanol–water partition coefficient (Wildman–Crippen LogP) is 3.30. The minimum absolute atomic E-state index is 0.125. The van der Waals surface area contributed by atoms with Gasteiger partial charge in [-0.05, 0) is 37.3 Å². The van der Waals surface area contributed by atoms with E-state index in [0.29, 0.717) is 12.3 Å². The lowest BCUT2D eigenvalue weighted by Crippen LogP contribution is -2.53. The Balaban J connectivity index is 1.84. The van der Waals surface area contributed by atoms with Gasteiger partial charge in [0.25, 0.3) is 5.91 Å². The van der Waals surface area contributed by atoms with E-state index >= 15 is 0 Å². The number of aromatic amines is 1. The molecule has 2 unspecified atom stereocenters. The van der Waals surface area contributed by atoms with Crippen LogP contribution in [0.4, 0.5) is 0 Å². The number of carbonyl (C=O) groups is 2. The Bertz CT molecular complexity index is 1090. The highest BCUT2D eigenvalue weighted by Gasteiger charge is 2.27. The molecule has 0 aliphatic rings. The van der Waals surface area contributed by atoms with Gasteiger partial charge in [-0.15, -0.1) is 0 Å². The smallest absolute Gasteiger partial charge is 0.270 e. The summed E-state index contributed by atoms with van der Waals surface area (Å²) in [4.78, 5) is 33.7. The van der Waals surface area contributed by atoms with Crippen LogP contribution in [0.25, 0.3) is 21.8 Å². The number of carbonyl (C=O) groups excluding carboxylic acids is 2. The summed E-state index contributed by atoms with van der Waals surface area (Å²) in [5.74, 6) is -0.485. The lowest BCUT2D eigenvalue weighted by molar-refractivity contribution is -0.125. The van der Waals surface area contributed by atoms with Crippen molar-refractivity contribution in [1.29, 1.82) is 0 Å². The van der Waals surface area contributed by atoms with Crippen LogP contribution in [0.3, 0.4) is 0 Å². The Morgan fingerprint density at radius 3 is 2.45 bits per heavy atom. The minimum atomic E-state index is -0.727.